The molecule has 2 heterocycles. The van der Waals surface area contributed by atoms with E-state index >= 15 is 0 Å². The number of carbonyl (C=O) groups is 2. The van der Waals surface area contributed by atoms with Crippen LogP contribution in [0.25, 0.3) is 0 Å². The van der Waals surface area contributed by atoms with E-state index in [0.29, 0.717) is 23.6 Å². The molecule has 2 N–H and O–H groups in total. The second-order valence-electron chi connectivity index (χ2n) is 4.19. The Kier molecular flexibility index (Phi) is 4.61. The van der Waals surface area contributed by atoms with E-state index < -0.39 is 12.2 Å². The maximum atomic E-state index is 11.3. The average Bonchev–Trinajstić information content (AvgIpc) is 3.05. The summed E-state index contributed by atoms with van der Waals surface area (Å²) in [6.45, 7) is 1.22. The van der Waals surface area contributed by atoms with Gasteiger partial charge in [-0.25, -0.2) is 9.59 Å². The highest BCUT2D eigenvalue weighted by Crippen LogP contribution is 2.16. The van der Waals surface area contributed by atoms with Crippen LogP contribution in [0.2, 0.25) is 0 Å². The van der Waals surface area contributed by atoms with E-state index in [2.05, 4.69) is 24.8 Å². The molecule has 0 aromatic carbocycles. The van der Waals surface area contributed by atoms with Gasteiger partial charge in [0, 0.05) is 19.2 Å². The Bertz CT molecular complexity index is 673. The van der Waals surface area contributed by atoms with Crippen LogP contribution in [0.5, 0.6) is 0 Å². The number of ether oxygens (including phenoxy) is 2. The van der Waals surface area contributed by atoms with E-state index in [0.717, 1.165) is 7.11 Å². The summed E-state index contributed by atoms with van der Waals surface area (Å²) >= 11 is 0. The van der Waals surface area contributed by atoms with Crippen molar-refractivity contribution in [3.8, 4) is 0 Å². The molecule has 2 rings (SSSR count). The van der Waals surface area contributed by atoms with Gasteiger partial charge < -0.3 is 19.6 Å². The van der Waals surface area contributed by atoms with E-state index in [1.807, 2.05) is 17.1 Å². The minimum atomic E-state index is -0.934. The van der Waals surface area contributed by atoms with E-state index in [-0.39, 0.29) is 11.4 Å². The molecule has 2 amide bonds. The normalized spacial score (nSPS) is 14.1. The summed E-state index contributed by atoms with van der Waals surface area (Å²) < 4.78 is 9.34. The summed E-state index contributed by atoms with van der Waals surface area (Å²) in [5.41, 5.74) is -0.331. The predicted molar refractivity (Wildman–Crippen MR) is 74.8 cm³/mol. The number of carbonyl (C=O) groups excluding carboxylic acids is 2. The van der Waals surface area contributed by atoms with Gasteiger partial charge in [0.15, 0.2) is 5.82 Å². The van der Waals surface area contributed by atoms with Crippen LogP contribution in [-0.4, -0.2) is 54.4 Å². The zero-order chi connectivity index (χ0) is 16.1. The standard InChI is InChI=1S/C12H15N5O5/c1-21-11(18)14-9-7-8(16-5-3-4-6-16)13-10(17(9)20)15-12(19)22-2/h3-4,7,20H,5-6H2,1-2H3,(H,14,18). The minimum Gasteiger partial charge on any atom is -0.453 e. The first-order chi connectivity index (χ1) is 10.5. The minimum absolute atomic E-state index is 0.0496. The van der Waals surface area contributed by atoms with Gasteiger partial charge in [0.05, 0.1) is 14.2 Å². The third kappa shape index (κ3) is 3.34. The number of anilines is 2. The van der Waals surface area contributed by atoms with Crippen LogP contribution >= 0.6 is 0 Å². The zero-order valence-electron chi connectivity index (χ0n) is 12.0. The Morgan fingerprint density at radius 1 is 1.32 bits per heavy atom. The van der Waals surface area contributed by atoms with Crippen molar-refractivity contribution in [2.45, 2.75) is 0 Å². The molecule has 0 aliphatic carbocycles. The van der Waals surface area contributed by atoms with Crippen LogP contribution in [0.15, 0.2) is 23.2 Å². The van der Waals surface area contributed by atoms with Gasteiger partial charge in [-0.3, -0.25) is 5.32 Å². The van der Waals surface area contributed by atoms with Crippen LogP contribution in [0.1, 0.15) is 0 Å². The molecular weight excluding hydrogens is 294 g/mol. The number of amides is 2. The van der Waals surface area contributed by atoms with E-state index in [9.17, 15) is 14.8 Å². The summed E-state index contributed by atoms with van der Waals surface area (Å²) in [6, 6.07) is 1.43. The molecule has 1 aliphatic rings. The van der Waals surface area contributed by atoms with Crippen molar-refractivity contribution < 1.29 is 24.3 Å². The van der Waals surface area contributed by atoms with Gasteiger partial charge in [-0.15, -0.1) is 9.72 Å². The average molecular weight is 309 g/mol. The number of nitrogens with one attached hydrogen (secondary N) is 1. The molecule has 10 nitrogen and oxygen atoms in total. The molecule has 1 aliphatic heterocycles. The number of aromatic nitrogens is 2. The Balaban J connectivity index is 2.49. The van der Waals surface area contributed by atoms with Crippen LogP contribution in [0.4, 0.5) is 21.2 Å². The van der Waals surface area contributed by atoms with Crippen molar-refractivity contribution in [1.82, 2.24) is 9.71 Å². The molecule has 118 valence electrons. The van der Waals surface area contributed by atoms with Crippen molar-refractivity contribution in [3.05, 3.63) is 23.8 Å². The maximum Gasteiger partial charge on any atom is 0.436 e. The number of rotatable bonds is 2. The van der Waals surface area contributed by atoms with Crippen molar-refractivity contribution in [3.63, 3.8) is 0 Å². The maximum absolute atomic E-state index is 11.3. The van der Waals surface area contributed by atoms with Crippen molar-refractivity contribution in [2.24, 2.45) is 4.99 Å². The molecule has 10 heteroatoms. The molecule has 0 spiro atoms. The molecule has 0 radical (unpaired) electrons. The Morgan fingerprint density at radius 2 is 2.00 bits per heavy atom. The molecule has 0 atom stereocenters. The highest BCUT2D eigenvalue weighted by atomic mass is 16.5. The first-order valence-corrected chi connectivity index (χ1v) is 6.26. The fourth-order valence-electron chi connectivity index (χ4n) is 1.74. The Labute approximate surface area is 125 Å². The topological polar surface area (TPSA) is 118 Å². The summed E-state index contributed by atoms with van der Waals surface area (Å²) in [5.74, 6) is 0.371. The highest BCUT2D eigenvalue weighted by molar-refractivity contribution is 5.83. The molecule has 0 saturated heterocycles. The van der Waals surface area contributed by atoms with Gasteiger partial charge in [0.2, 0.25) is 0 Å². The van der Waals surface area contributed by atoms with Crippen LogP contribution in [-0.2, 0) is 9.47 Å². The van der Waals surface area contributed by atoms with Crippen molar-refractivity contribution >= 4 is 23.8 Å². The summed E-state index contributed by atoms with van der Waals surface area (Å²) in [5, 5.41) is 12.3. The summed E-state index contributed by atoms with van der Waals surface area (Å²) in [4.78, 5) is 32.0. The highest BCUT2D eigenvalue weighted by Gasteiger charge is 2.15. The molecule has 1 aromatic rings. The number of methoxy groups -OCH3 is 2. The van der Waals surface area contributed by atoms with Crippen molar-refractivity contribution in [2.75, 3.05) is 37.5 Å². The van der Waals surface area contributed by atoms with E-state index in [4.69, 9.17) is 0 Å². The molecule has 0 saturated carbocycles. The Morgan fingerprint density at radius 3 is 2.59 bits per heavy atom. The first-order valence-electron chi connectivity index (χ1n) is 6.26. The lowest BCUT2D eigenvalue weighted by Crippen LogP contribution is -2.32. The fourth-order valence-corrected chi connectivity index (χ4v) is 1.74. The van der Waals surface area contributed by atoms with E-state index in [1.54, 1.807) is 0 Å². The van der Waals surface area contributed by atoms with Gasteiger partial charge in [-0.1, -0.05) is 12.2 Å². The number of nitrogens with zero attached hydrogens (tertiary/aromatic N) is 4. The molecular formula is C12H15N5O5. The number of hydrogen-bond acceptors (Lipinski definition) is 7. The van der Waals surface area contributed by atoms with Gasteiger partial charge in [-0.05, 0) is 0 Å². The van der Waals surface area contributed by atoms with Gasteiger partial charge in [-0.2, -0.15) is 4.98 Å². The third-order valence-electron chi connectivity index (χ3n) is 2.82. The quantitative estimate of drug-likeness (QED) is 0.597. The molecule has 0 unspecified atom stereocenters. The SMILES string of the molecule is COC(=O)N=c1nc(N2CC=CC2)cc(NC(=O)OC)n1O. The Hall–Kier alpha value is -3.04. The fraction of sp³-hybridized carbons (Fsp3) is 0.333. The second-order valence-corrected chi connectivity index (χ2v) is 4.19. The molecule has 22 heavy (non-hydrogen) atoms. The molecule has 0 fully saturated rings. The molecule has 1 aromatic heterocycles. The summed E-state index contributed by atoms with van der Waals surface area (Å²) in [7, 11) is 2.33. The first kappa shape index (κ1) is 15.4. The number of hydrogen-bond donors (Lipinski definition) is 2. The van der Waals surface area contributed by atoms with Gasteiger partial charge in [0.25, 0.3) is 5.62 Å². The van der Waals surface area contributed by atoms with E-state index in [1.165, 1.54) is 13.2 Å². The third-order valence-corrected chi connectivity index (χ3v) is 2.82. The summed E-state index contributed by atoms with van der Waals surface area (Å²) in [6.07, 6.45) is 2.15. The lowest BCUT2D eigenvalue weighted by Gasteiger charge is -2.18. The monoisotopic (exact) mass is 309 g/mol. The molecule has 0 bridgehead atoms. The second kappa shape index (κ2) is 6.61. The lowest BCUT2D eigenvalue weighted by molar-refractivity contribution is 0.160. The van der Waals surface area contributed by atoms with Crippen LogP contribution in [0.3, 0.4) is 0 Å². The van der Waals surface area contributed by atoms with Gasteiger partial charge >= 0.3 is 12.2 Å². The largest absolute Gasteiger partial charge is 0.453 e. The zero-order valence-corrected chi connectivity index (χ0v) is 12.0. The van der Waals surface area contributed by atoms with Crippen LogP contribution in [0, 0.1) is 0 Å². The van der Waals surface area contributed by atoms with Crippen molar-refractivity contribution in [1.29, 1.82) is 0 Å². The lowest BCUT2D eigenvalue weighted by atomic mass is 10.4. The van der Waals surface area contributed by atoms with Crippen LogP contribution < -0.4 is 15.8 Å². The van der Waals surface area contributed by atoms with Gasteiger partial charge in [0.1, 0.15) is 5.82 Å². The smallest absolute Gasteiger partial charge is 0.436 e. The predicted octanol–water partition coefficient (Wildman–Crippen LogP) is 0.342.